The second-order valence-electron chi connectivity index (χ2n) is 5.68. The highest BCUT2D eigenvalue weighted by atomic mass is 35.5. The summed E-state index contributed by atoms with van der Waals surface area (Å²) in [5.74, 6) is -0.528. The molecule has 0 aromatic heterocycles. The number of hydrogen-bond donors (Lipinski definition) is 2. The molecule has 0 fully saturated rings. The Morgan fingerprint density at radius 1 is 0.808 bits per heavy atom. The second kappa shape index (κ2) is 8.32. The standard InChI is InChI=1S/C21H17ClN2O2/c22-19-12-5-4-11-18(19)21(26)24-17-10-6-9-16(13-17)20(25)23-14-15-7-2-1-3-8-15/h1-13H,14H2,(H,23,25)(H,24,26). The fraction of sp³-hybridized carbons (Fsp3) is 0.0476. The maximum atomic E-state index is 12.3. The Bertz CT molecular complexity index is 926. The molecule has 0 saturated carbocycles. The van der Waals surface area contributed by atoms with Gasteiger partial charge in [-0.1, -0.05) is 60.1 Å². The van der Waals surface area contributed by atoms with E-state index in [2.05, 4.69) is 10.6 Å². The molecule has 0 aliphatic heterocycles. The molecule has 2 N–H and O–H groups in total. The molecule has 4 nitrogen and oxygen atoms in total. The largest absolute Gasteiger partial charge is 0.348 e. The lowest BCUT2D eigenvalue weighted by Gasteiger charge is -2.09. The number of rotatable bonds is 5. The van der Waals surface area contributed by atoms with Gasteiger partial charge in [-0.15, -0.1) is 0 Å². The summed E-state index contributed by atoms with van der Waals surface area (Å²) >= 11 is 6.04. The second-order valence-corrected chi connectivity index (χ2v) is 6.09. The first kappa shape index (κ1) is 17.7. The van der Waals surface area contributed by atoms with Crippen molar-refractivity contribution in [1.29, 1.82) is 0 Å². The topological polar surface area (TPSA) is 58.2 Å². The quantitative estimate of drug-likeness (QED) is 0.699. The van der Waals surface area contributed by atoms with E-state index in [0.717, 1.165) is 5.56 Å². The average Bonchev–Trinajstić information content (AvgIpc) is 2.67. The number of carbonyl (C=O) groups is 2. The van der Waals surface area contributed by atoms with Gasteiger partial charge in [-0.3, -0.25) is 9.59 Å². The monoisotopic (exact) mass is 364 g/mol. The van der Waals surface area contributed by atoms with Crippen LogP contribution in [0.3, 0.4) is 0 Å². The van der Waals surface area contributed by atoms with Crippen LogP contribution < -0.4 is 10.6 Å². The van der Waals surface area contributed by atoms with Crippen LogP contribution in [0.1, 0.15) is 26.3 Å². The van der Waals surface area contributed by atoms with Gasteiger partial charge in [0.15, 0.2) is 0 Å². The third-order valence-corrected chi connectivity index (χ3v) is 4.13. The molecule has 3 aromatic carbocycles. The first-order valence-corrected chi connectivity index (χ1v) is 8.49. The van der Waals surface area contributed by atoms with Gasteiger partial charge >= 0.3 is 0 Å². The zero-order chi connectivity index (χ0) is 18.4. The van der Waals surface area contributed by atoms with E-state index in [4.69, 9.17) is 11.6 Å². The molecule has 0 radical (unpaired) electrons. The third kappa shape index (κ3) is 4.49. The summed E-state index contributed by atoms with van der Waals surface area (Å²) in [7, 11) is 0. The van der Waals surface area contributed by atoms with Crippen LogP contribution in [0, 0.1) is 0 Å². The van der Waals surface area contributed by atoms with Crippen molar-refractivity contribution in [2.24, 2.45) is 0 Å². The van der Waals surface area contributed by atoms with E-state index >= 15 is 0 Å². The molecule has 26 heavy (non-hydrogen) atoms. The molecular weight excluding hydrogens is 348 g/mol. The molecule has 0 atom stereocenters. The molecule has 3 aromatic rings. The van der Waals surface area contributed by atoms with Gasteiger partial charge in [-0.05, 0) is 35.9 Å². The van der Waals surface area contributed by atoms with Gasteiger partial charge in [-0.25, -0.2) is 0 Å². The number of halogens is 1. The van der Waals surface area contributed by atoms with Crippen molar-refractivity contribution in [3.63, 3.8) is 0 Å². The van der Waals surface area contributed by atoms with Gasteiger partial charge in [0.2, 0.25) is 0 Å². The van der Waals surface area contributed by atoms with Crippen LogP contribution >= 0.6 is 11.6 Å². The maximum absolute atomic E-state index is 12.3. The summed E-state index contributed by atoms with van der Waals surface area (Å²) < 4.78 is 0. The van der Waals surface area contributed by atoms with Crippen molar-refractivity contribution in [2.75, 3.05) is 5.32 Å². The third-order valence-electron chi connectivity index (χ3n) is 3.80. The summed E-state index contributed by atoms with van der Waals surface area (Å²) in [6.07, 6.45) is 0. The Labute approximate surface area is 156 Å². The molecule has 5 heteroatoms. The highest BCUT2D eigenvalue weighted by Gasteiger charge is 2.11. The van der Waals surface area contributed by atoms with Gasteiger partial charge in [0.25, 0.3) is 11.8 Å². The van der Waals surface area contributed by atoms with Gasteiger partial charge in [0.1, 0.15) is 0 Å². The van der Waals surface area contributed by atoms with Gasteiger partial charge in [0, 0.05) is 17.8 Å². The van der Waals surface area contributed by atoms with Crippen LogP contribution in [-0.2, 0) is 6.54 Å². The Kier molecular flexibility index (Phi) is 5.66. The van der Waals surface area contributed by atoms with Crippen LogP contribution in [0.25, 0.3) is 0 Å². The maximum Gasteiger partial charge on any atom is 0.257 e. The molecule has 0 saturated heterocycles. The van der Waals surface area contributed by atoms with Crippen LogP contribution in [0.2, 0.25) is 5.02 Å². The predicted molar refractivity (Wildman–Crippen MR) is 103 cm³/mol. The van der Waals surface area contributed by atoms with Crippen molar-refractivity contribution in [3.05, 3.63) is 101 Å². The molecule has 0 unspecified atom stereocenters. The normalized spacial score (nSPS) is 10.2. The van der Waals surface area contributed by atoms with E-state index in [1.54, 1.807) is 48.5 Å². The molecule has 0 spiro atoms. The van der Waals surface area contributed by atoms with Crippen molar-refractivity contribution < 1.29 is 9.59 Å². The molecule has 0 bridgehead atoms. The van der Waals surface area contributed by atoms with Crippen LogP contribution in [0.15, 0.2) is 78.9 Å². The summed E-state index contributed by atoms with van der Waals surface area (Å²) in [6, 6.07) is 23.3. The lowest BCUT2D eigenvalue weighted by Crippen LogP contribution is -2.23. The number of amides is 2. The molecule has 0 aliphatic rings. The summed E-state index contributed by atoms with van der Waals surface area (Å²) in [5, 5.41) is 6.01. The van der Waals surface area contributed by atoms with E-state index in [0.29, 0.717) is 28.4 Å². The predicted octanol–water partition coefficient (Wildman–Crippen LogP) is 4.52. The highest BCUT2D eigenvalue weighted by Crippen LogP contribution is 2.18. The van der Waals surface area contributed by atoms with Crippen LogP contribution in [0.4, 0.5) is 5.69 Å². The smallest absolute Gasteiger partial charge is 0.257 e. The minimum Gasteiger partial charge on any atom is -0.348 e. The van der Waals surface area contributed by atoms with E-state index < -0.39 is 0 Å². The Morgan fingerprint density at radius 3 is 2.31 bits per heavy atom. The molecule has 0 heterocycles. The number of nitrogens with one attached hydrogen (secondary N) is 2. The van der Waals surface area contributed by atoms with Crippen molar-refractivity contribution >= 4 is 29.1 Å². The average molecular weight is 365 g/mol. The minimum absolute atomic E-state index is 0.206. The van der Waals surface area contributed by atoms with Crippen molar-refractivity contribution in [3.8, 4) is 0 Å². The Balaban J connectivity index is 1.67. The molecule has 0 aliphatic carbocycles. The van der Waals surface area contributed by atoms with Crippen LogP contribution in [-0.4, -0.2) is 11.8 Å². The van der Waals surface area contributed by atoms with Gasteiger partial charge in [-0.2, -0.15) is 0 Å². The zero-order valence-corrected chi connectivity index (χ0v) is 14.7. The fourth-order valence-electron chi connectivity index (χ4n) is 2.46. The molecule has 3 rings (SSSR count). The summed E-state index contributed by atoms with van der Waals surface area (Å²) in [4.78, 5) is 24.7. The van der Waals surface area contributed by atoms with E-state index in [9.17, 15) is 9.59 Å². The number of benzene rings is 3. The van der Waals surface area contributed by atoms with Crippen molar-refractivity contribution in [1.82, 2.24) is 5.32 Å². The highest BCUT2D eigenvalue weighted by molar-refractivity contribution is 6.34. The number of hydrogen-bond acceptors (Lipinski definition) is 2. The summed E-state index contributed by atoms with van der Waals surface area (Å²) in [5.41, 5.74) is 2.40. The van der Waals surface area contributed by atoms with E-state index in [1.165, 1.54) is 0 Å². The summed E-state index contributed by atoms with van der Waals surface area (Å²) in [6.45, 7) is 0.440. The van der Waals surface area contributed by atoms with E-state index in [1.807, 2.05) is 30.3 Å². The molecular formula is C21H17ClN2O2. The first-order valence-electron chi connectivity index (χ1n) is 8.11. The number of carbonyl (C=O) groups excluding carboxylic acids is 2. The lowest BCUT2D eigenvalue weighted by atomic mass is 10.1. The Morgan fingerprint density at radius 2 is 1.54 bits per heavy atom. The zero-order valence-electron chi connectivity index (χ0n) is 13.9. The lowest BCUT2D eigenvalue weighted by molar-refractivity contribution is 0.0949. The molecule has 130 valence electrons. The first-order chi connectivity index (χ1) is 12.6. The molecule has 2 amide bonds. The minimum atomic E-state index is -0.322. The van der Waals surface area contributed by atoms with Crippen LogP contribution in [0.5, 0.6) is 0 Å². The Hall–Kier alpha value is -3.11. The van der Waals surface area contributed by atoms with Gasteiger partial charge < -0.3 is 10.6 Å². The van der Waals surface area contributed by atoms with Crippen molar-refractivity contribution in [2.45, 2.75) is 6.54 Å². The van der Waals surface area contributed by atoms with Gasteiger partial charge in [0.05, 0.1) is 10.6 Å². The number of anilines is 1. The SMILES string of the molecule is O=C(NCc1ccccc1)c1cccc(NC(=O)c2ccccc2Cl)c1. The fourth-order valence-corrected chi connectivity index (χ4v) is 2.68. The van der Waals surface area contributed by atoms with E-state index in [-0.39, 0.29) is 11.8 Å².